The van der Waals surface area contributed by atoms with Crippen molar-refractivity contribution >= 4 is 34.7 Å². The molecule has 1 aromatic heterocycles. The summed E-state index contributed by atoms with van der Waals surface area (Å²) in [6.07, 6.45) is 0. The predicted molar refractivity (Wildman–Crippen MR) is 99.5 cm³/mol. The zero-order chi connectivity index (χ0) is 15.7. The van der Waals surface area contributed by atoms with Crippen LogP contribution in [0.3, 0.4) is 0 Å². The number of rotatable bonds is 3. The van der Waals surface area contributed by atoms with Crippen molar-refractivity contribution in [1.29, 1.82) is 0 Å². The van der Waals surface area contributed by atoms with E-state index in [1.165, 1.54) is 11.1 Å². The third kappa shape index (κ3) is 3.57. The Labute approximate surface area is 143 Å². The second-order valence-corrected chi connectivity index (χ2v) is 5.65. The fourth-order valence-corrected chi connectivity index (χ4v) is 2.77. The first-order chi connectivity index (χ1) is 10.6. The molecule has 23 heavy (non-hydrogen) atoms. The van der Waals surface area contributed by atoms with Gasteiger partial charge in [0.2, 0.25) is 0 Å². The normalized spacial score (nSPS) is 10.3. The maximum Gasteiger partial charge on any atom is 0.120 e. The van der Waals surface area contributed by atoms with E-state index < -0.39 is 0 Å². The molecule has 0 bridgehead atoms. The lowest BCUT2D eigenvalue weighted by Crippen LogP contribution is -1.97. The van der Waals surface area contributed by atoms with Crippen molar-refractivity contribution in [2.75, 3.05) is 12.4 Å². The minimum atomic E-state index is 0. The number of ether oxygens (including phenoxy) is 1. The van der Waals surface area contributed by atoms with Crippen LogP contribution in [0.4, 0.5) is 11.4 Å². The smallest absolute Gasteiger partial charge is 0.120 e. The van der Waals surface area contributed by atoms with Crippen LogP contribution in [0.2, 0.25) is 0 Å². The summed E-state index contributed by atoms with van der Waals surface area (Å²) >= 11 is 0. The second kappa shape index (κ2) is 6.88. The van der Waals surface area contributed by atoms with Crippen LogP contribution in [0.5, 0.6) is 5.75 Å². The summed E-state index contributed by atoms with van der Waals surface area (Å²) in [5, 5.41) is 4.64. The van der Waals surface area contributed by atoms with Gasteiger partial charge in [-0.2, -0.15) is 0 Å². The van der Waals surface area contributed by atoms with Crippen molar-refractivity contribution in [2.45, 2.75) is 20.8 Å². The first-order valence-corrected chi connectivity index (χ1v) is 7.36. The highest BCUT2D eigenvalue weighted by Gasteiger charge is 2.08. The first kappa shape index (κ1) is 17.1. The Balaban J connectivity index is 0.00000192. The number of aromatic nitrogens is 1. The zero-order valence-electron chi connectivity index (χ0n) is 13.8. The first-order valence-electron chi connectivity index (χ1n) is 7.36. The number of hydrogen-bond donors (Lipinski definition) is 1. The van der Waals surface area contributed by atoms with Crippen LogP contribution in [-0.2, 0) is 0 Å². The number of hydrogen-bond acceptors (Lipinski definition) is 3. The number of aryl methyl sites for hydroxylation is 3. The molecule has 1 heterocycles. The van der Waals surface area contributed by atoms with Crippen LogP contribution in [0.15, 0.2) is 42.5 Å². The monoisotopic (exact) mass is 328 g/mol. The van der Waals surface area contributed by atoms with E-state index in [-0.39, 0.29) is 12.4 Å². The van der Waals surface area contributed by atoms with Gasteiger partial charge in [0.25, 0.3) is 0 Å². The number of fused-ring (bicyclic) bond motifs is 1. The van der Waals surface area contributed by atoms with Gasteiger partial charge in [-0.3, -0.25) is 4.98 Å². The molecule has 0 spiro atoms. The van der Waals surface area contributed by atoms with Crippen LogP contribution in [-0.4, -0.2) is 12.1 Å². The SMILES string of the molecule is COc1cccc(Nc2cc(C)nc3c(C)cc(C)cc23)c1.Cl. The Morgan fingerprint density at radius 2 is 1.78 bits per heavy atom. The van der Waals surface area contributed by atoms with Gasteiger partial charge in [0.1, 0.15) is 5.75 Å². The van der Waals surface area contributed by atoms with Crippen molar-refractivity contribution in [3.8, 4) is 5.75 Å². The Morgan fingerprint density at radius 1 is 1.00 bits per heavy atom. The van der Waals surface area contributed by atoms with Gasteiger partial charge in [0.15, 0.2) is 0 Å². The summed E-state index contributed by atoms with van der Waals surface area (Å²) in [7, 11) is 1.68. The lowest BCUT2D eigenvalue weighted by molar-refractivity contribution is 0.415. The van der Waals surface area contributed by atoms with E-state index in [1.54, 1.807) is 7.11 Å². The molecule has 0 saturated carbocycles. The molecule has 120 valence electrons. The van der Waals surface area contributed by atoms with Gasteiger partial charge in [-0.05, 0) is 50.6 Å². The second-order valence-electron chi connectivity index (χ2n) is 5.65. The van der Waals surface area contributed by atoms with E-state index in [9.17, 15) is 0 Å². The molecule has 2 aromatic carbocycles. The predicted octanol–water partition coefficient (Wildman–Crippen LogP) is 5.33. The van der Waals surface area contributed by atoms with Gasteiger partial charge in [0.05, 0.1) is 12.6 Å². The lowest BCUT2D eigenvalue weighted by atomic mass is 10.0. The molecular weight excluding hydrogens is 308 g/mol. The maximum absolute atomic E-state index is 5.29. The number of anilines is 2. The topological polar surface area (TPSA) is 34.1 Å². The minimum Gasteiger partial charge on any atom is -0.497 e. The molecule has 0 amide bonds. The van der Waals surface area contributed by atoms with E-state index >= 15 is 0 Å². The average molecular weight is 329 g/mol. The molecule has 0 aliphatic heterocycles. The molecule has 3 nitrogen and oxygen atoms in total. The number of nitrogens with one attached hydrogen (secondary N) is 1. The largest absolute Gasteiger partial charge is 0.497 e. The minimum absolute atomic E-state index is 0. The van der Waals surface area contributed by atoms with Crippen molar-refractivity contribution in [1.82, 2.24) is 4.98 Å². The van der Waals surface area contributed by atoms with Crippen molar-refractivity contribution in [3.63, 3.8) is 0 Å². The Kier molecular flexibility index (Phi) is 5.12. The Hall–Kier alpha value is -2.26. The number of pyridine rings is 1. The highest BCUT2D eigenvalue weighted by molar-refractivity contribution is 5.95. The third-order valence-electron chi connectivity index (χ3n) is 3.73. The third-order valence-corrected chi connectivity index (χ3v) is 3.73. The van der Waals surface area contributed by atoms with Crippen LogP contribution < -0.4 is 10.1 Å². The van der Waals surface area contributed by atoms with Crippen molar-refractivity contribution in [3.05, 3.63) is 59.3 Å². The van der Waals surface area contributed by atoms with E-state index in [4.69, 9.17) is 4.74 Å². The van der Waals surface area contributed by atoms with E-state index in [2.05, 4.69) is 42.3 Å². The van der Waals surface area contributed by atoms with E-state index in [1.807, 2.05) is 31.2 Å². The fourth-order valence-electron chi connectivity index (χ4n) is 2.77. The lowest BCUT2D eigenvalue weighted by Gasteiger charge is -2.13. The average Bonchev–Trinajstić information content (AvgIpc) is 2.49. The van der Waals surface area contributed by atoms with Crippen LogP contribution >= 0.6 is 12.4 Å². The van der Waals surface area contributed by atoms with Gasteiger partial charge >= 0.3 is 0 Å². The van der Waals surface area contributed by atoms with Gasteiger partial charge in [0, 0.05) is 28.5 Å². The molecule has 3 rings (SSSR count). The summed E-state index contributed by atoms with van der Waals surface area (Å²) in [5.41, 5.74) is 6.57. The molecule has 1 N–H and O–H groups in total. The zero-order valence-corrected chi connectivity index (χ0v) is 14.6. The van der Waals surface area contributed by atoms with Crippen LogP contribution in [0.1, 0.15) is 16.8 Å². The molecule has 0 saturated heterocycles. The van der Waals surface area contributed by atoms with Gasteiger partial charge in [-0.15, -0.1) is 12.4 Å². The molecular formula is C19H21ClN2O. The Bertz CT molecular complexity index is 846. The molecule has 0 atom stereocenters. The van der Waals surface area contributed by atoms with Gasteiger partial charge in [-0.1, -0.05) is 17.7 Å². The van der Waals surface area contributed by atoms with Crippen LogP contribution in [0.25, 0.3) is 10.9 Å². The molecule has 0 aliphatic rings. The number of benzene rings is 2. The highest BCUT2D eigenvalue weighted by Crippen LogP contribution is 2.30. The molecule has 4 heteroatoms. The van der Waals surface area contributed by atoms with Gasteiger partial charge in [-0.25, -0.2) is 0 Å². The number of methoxy groups -OCH3 is 1. The van der Waals surface area contributed by atoms with Crippen molar-refractivity contribution < 1.29 is 4.74 Å². The highest BCUT2D eigenvalue weighted by atomic mass is 35.5. The Morgan fingerprint density at radius 3 is 2.52 bits per heavy atom. The molecule has 0 fully saturated rings. The van der Waals surface area contributed by atoms with Crippen molar-refractivity contribution in [2.24, 2.45) is 0 Å². The van der Waals surface area contributed by atoms with E-state index in [0.717, 1.165) is 33.7 Å². The quantitative estimate of drug-likeness (QED) is 0.705. The summed E-state index contributed by atoms with van der Waals surface area (Å²) in [6.45, 7) is 6.24. The number of halogens is 1. The molecule has 0 aliphatic carbocycles. The van der Waals surface area contributed by atoms with Crippen LogP contribution in [0, 0.1) is 20.8 Å². The summed E-state index contributed by atoms with van der Waals surface area (Å²) in [5.74, 6) is 0.840. The molecule has 0 radical (unpaired) electrons. The van der Waals surface area contributed by atoms with E-state index in [0.29, 0.717) is 0 Å². The molecule has 0 unspecified atom stereocenters. The molecule has 3 aromatic rings. The summed E-state index contributed by atoms with van der Waals surface area (Å²) in [4.78, 5) is 4.69. The summed E-state index contributed by atoms with van der Waals surface area (Å²) < 4.78 is 5.29. The fraction of sp³-hybridized carbons (Fsp3) is 0.211. The van der Waals surface area contributed by atoms with Gasteiger partial charge < -0.3 is 10.1 Å². The number of nitrogens with zero attached hydrogens (tertiary/aromatic N) is 1. The maximum atomic E-state index is 5.29. The standard InChI is InChI=1S/C19H20N2O.ClH/c1-12-8-13(2)19-17(9-12)18(10-14(3)20-19)21-15-6-5-7-16(11-15)22-4;/h5-11H,1-4H3,(H,20,21);1H. The summed E-state index contributed by atoms with van der Waals surface area (Å²) in [6, 6.07) is 14.4.